The number of carbonyl (C=O) groups excluding carboxylic acids is 1. The Bertz CT molecular complexity index is 1110. The van der Waals surface area contributed by atoms with E-state index in [1.165, 1.54) is 11.8 Å². The van der Waals surface area contributed by atoms with Gasteiger partial charge in [-0.25, -0.2) is 4.79 Å². The zero-order chi connectivity index (χ0) is 33.7. The van der Waals surface area contributed by atoms with E-state index in [0.717, 1.165) is 5.69 Å². The Balaban J connectivity index is 0. The molecule has 4 rings (SSSR count). The van der Waals surface area contributed by atoms with E-state index in [9.17, 15) is 4.79 Å². The van der Waals surface area contributed by atoms with E-state index < -0.39 is 8.32 Å². The van der Waals surface area contributed by atoms with Crippen LogP contribution in [0.15, 0.2) is 95.6 Å². The quantitative estimate of drug-likeness (QED) is 0.171. The molecule has 7 heteroatoms. The fraction of sp³-hybridized carbons (Fsp3) is 0.500. The van der Waals surface area contributed by atoms with Crippen LogP contribution in [0.3, 0.4) is 0 Å². The summed E-state index contributed by atoms with van der Waals surface area (Å²) in [4.78, 5) is 15.0. The second-order valence-electron chi connectivity index (χ2n) is 11.1. The van der Waals surface area contributed by atoms with Gasteiger partial charge in [-0.2, -0.15) is 0 Å². The highest BCUT2D eigenvalue weighted by molar-refractivity contribution is 6.78. The molecule has 1 atom stereocenters. The normalized spacial score (nSPS) is 13.0. The third-order valence-electron chi connectivity index (χ3n) is 7.12. The number of hydrogen-bond acceptors (Lipinski definition) is 6. The van der Waals surface area contributed by atoms with Crippen LogP contribution in [0.1, 0.15) is 76.7 Å². The molecule has 0 saturated heterocycles. The van der Waals surface area contributed by atoms with Crippen LogP contribution < -0.4 is 14.2 Å². The van der Waals surface area contributed by atoms with Crippen molar-refractivity contribution in [2.75, 3.05) is 37.5 Å². The molecule has 0 aliphatic carbocycles. The number of rotatable bonds is 9. The van der Waals surface area contributed by atoms with Gasteiger partial charge in [-0.15, -0.1) is 0 Å². The van der Waals surface area contributed by atoms with Crippen LogP contribution in [-0.2, 0) is 9.53 Å². The molecule has 0 saturated carbocycles. The van der Waals surface area contributed by atoms with Crippen molar-refractivity contribution >= 4 is 25.7 Å². The number of nitrogens with zero attached hydrogens (tertiary/aromatic N) is 2. The first-order chi connectivity index (χ1) is 21.0. The van der Waals surface area contributed by atoms with Crippen molar-refractivity contribution < 1.29 is 18.4 Å². The largest absolute Gasteiger partial charge is 0.518 e. The van der Waals surface area contributed by atoms with Crippen LogP contribution in [0.5, 0.6) is 5.95 Å². The fourth-order valence-electron chi connectivity index (χ4n) is 5.15. The summed E-state index contributed by atoms with van der Waals surface area (Å²) in [5.74, 6) is 0.434. The van der Waals surface area contributed by atoms with Crippen molar-refractivity contribution in [1.82, 2.24) is 0 Å². The first-order valence-corrected chi connectivity index (χ1v) is 18.2. The lowest BCUT2D eigenvalue weighted by Gasteiger charge is -2.41. The molecule has 1 aliphatic heterocycles. The Morgan fingerprint density at radius 1 is 0.733 bits per heavy atom. The van der Waals surface area contributed by atoms with Gasteiger partial charge in [0.1, 0.15) is 6.10 Å². The summed E-state index contributed by atoms with van der Waals surface area (Å²) in [6.45, 7) is 22.3. The van der Waals surface area contributed by atoms with Gasteiger partial charge in [-0.1, -0.05) is 113 Å². The highest BCUT2D eigenvalue weighted by Crippen LogP contribution is 2.42. The first-order valence-electron chi connectivity index (χ1n) is 16.1. The molecule has 2 heterocycles. The van der Waals surface area contributed by atoms with Crippen molar-refractivity contribution in [3.8, 4) is 5.95 Å². The summed E-state index contributed by atoms with van der Waals surface area (Å²) >= 11 is 0. The standard InChI is InChI=1S/C13H24O2Si.C12H13NO2.C8H11N.2C2H6.CH4/c1-10(2)16(11(3)4,12(5)6)15-13-8-7-9-14-13;1-13(10-5-3-2-4-6-10)9-11-7-8-12(14)15-11;1-9(2)8-6-4-3-5-7-8;2*1-2;/h7-12H,1-6H3;2-8,11H,9H2,1H3;3-7H,1-2H3;2*1-2H3;1H4. The minimum atomic E-state index is -1.83. The van der Waals surface area contributed by atoms with E-state index in [-0.39, 0.29) is 19.5 Å². The number of anilines is 2. The number of hydrogen-bond donors (Lipinski definition) is 0. The second-order valence-corrected chi connectivity index (χ2v) is 16.5. The number of cyclic esters (lactones) is 1. The molecule has 0 N–H and O–H groups in total. The lowest BCUT2D eigenvalue weighted by Crippen LogP contribution is -2.50. The highest BCUT2D eigenvalue weighted by atomic mass is 28.4. The van der Waals surface area contributed by atoms with Crippen molar-refractivity contribution in [1.29, 1.82) is 0 Å². The predicted molar refractivity (Wildman–Crippen MR) is 199 cm³/mol. The average Bonchev–Trinajstić information content (AvgIpc) is 3.70. The van der Waals surface area contributed by atoms with Gasteiger partial charge in [0.25, 0.3) is 14.3 Å². The Morgan fingerprint density at radius 2 is 1.20 bits per heavy atom. The number of para-hydroxylation sites is 2. The molecule has 0 fully saturated rings. The summed E-state index contributed by atoms with van der Waals surface area (Å²) in [6, 6.07) is 24.1. The maximum atomic E-state index is 10.8. The molecule has 0 radical (unpaired) electrons. The lowest BCUT2D eigenvalue weighted by atomic mass is 10.2. The van der Waals surface area contributed by atoms with Crippen LogP contribution in [-0.4, -0.2) is 48.1 Å². The fourth-order valence-corrected chi connectivity index (χ4v) is 10.3. The van der Waals surface area contributed by atoms with E-state index in [0.29, 0.717) is 29.1 Å². The molecule has 0 bridgehead atoms. The second kappa shape index (κ2) is 23.9. The molecular formula is C38H64N2O4Si. The Kier molecular flexibility index (Phi) is 23.2. The Labute approximate surface area is 277 Å². The molecule has 3 aromatic rings. The van der Waals surface area contributed by atoms with Gasteiger partial charge in [0.2, 0.25) is 0 Å². The Hall–Kier alpha value is -3.45. The monoisotopic (exact) mass is 640 g/mol. The van der Waals surface area contributed by atoms with Crippen LogP contribution in [0.4, 0.5) is 11.4 Å². The number of likely N-dealkylation sites (N-methyl/N-ethyl adjacent to an activating group) is 1. The van der Waals surface area contributed by atoms with Gasteiger partial charge in [-0.3, -0.25) is 0 Å². The minimum absolute atomic E-state index is 0. The molecule has 2 aromatic carbocycles. The number of furan rings is 1. The predicted octanol–water partition coefficient (Wildman–Crippen LogP) is 10.9. The van der Waals surface area contributed by atoms with Gasteiger partial charge in [-0.05, 0) is 53.0 Å². The van der Waals surface area contributed by atoms with Crippen LogP contribution in [0.25, 0.3) is 0 Å². The lowest BCUT2D eigenvalue weighted by molar-refractivity contribution is -0.138. The average molecular weight is 641 g/mol. The molecule has 45 heavy (non-hydrogen) atoms. The van der Waals surface area contributed by atoms with Crippen molar-refractivity contribution in [2.24, 2.45) is 0 Å². The van der Waals surface area contributed by atoms with Gasteiger partial charge in [0, 0.05) is 44.7 Å². The first kappa shape index (κ1) is 43.7. The SMILES string of the molecule is C.CC.CC.CC(C)[Si](Oc1ccco1)(C(C)C)C(C)C.CN(C)c1ccccc1.CN(CC1C=CC(=O)O1)c1ccccc1. The Morgan fingerprint density at radius 3 is 1.53 bits per heavy atom. The van der Waals surface area contributed by atoms with Crippen LogP contribution in [0.2, 0.25) is 16.6 Å². The van der Waals surface area contributed by atoms with Crippen LogP contribution in [0, 0.1) is 0 Å². The zero-order valence-corrected chi connectivity index (χ0v) is 30.7. The van der Waals surface area contributed by atoms with E-state index >= 15 is 0 Å². The summed E-state index contributed by atoms with van der Waals surface area (Å²) in [6.07, 6.45) is 4.82. The summed E-state index contributed by atoms with van der Waals surface area (Å²) in [5.41, 5.74) is 4.11. The highest BCUT2D eigenvalue weighted by Gasteiger charge is 2.47. The van der Waals surface area contributed by atoms with Crippen molar-refractivity contribution in [2.45, 2.75) is 99.4 Å². The maximum Gasteiger partial charge on any atom is 0.331 e. The van der Waals surface area contributed by atoms with Gasteiger partial charge in [0.15, 0.2) is 0 Å². The van der Waals surface area contributed by atoms with Crippen LogP contribution >= 0.6 is 0 Å². The topological polar surface area (TPSA) is 55.2 Å². The minimum Gasteiger partial charge on any atom is -0.518 e. The van der Waals surface area contributed by atoms with E-state index in [1.54, 1.807) is 12.3 Å². The van der Waals surface area contributed by atoms with Gasteiger partial charge in [0.05, 0.1) is 12.8 Å². The summed E-state index contributed by atoms with van der Waals surface area (Å²) in [7, 11) is 4.23. The van der Waals surface area contributed by atoms with E-state index in [2.05, 4.69) is 63.5 Å². The molecule has 0 spiro atoms. The maximum absolute atomic E-state index is 10.8. The molecule has 0 amide bonds. The molecule has 1 aliphatic rings. The third kappa shape index (κ3) is 14.9. The number of benzene rings is 2. The molecular weight excluding hydrogens is 577 g/mol. The summed E-state index contributed by atoms with van der Waals surface area (Å²) < 4.78 is 16.7. The smallest absolute Gasteiger partial charge is 0.331 e. The summed E-state index contributed by atoms with van der Waals surface area (Å²) in [5, 5.41) is 0. The number of ether oxygens (including phenoxy) is 1. The molecule has 6 nitrogen and oxygen atoms in total. The van der Waals surface area contributed by atoms with Crippen molar-refractivity contribution in [3.05, 3.63) is 91.2 Å². The number of carbonyl (C=O) groups is 1. The number of esters is 1. The van der Waals surface area contributed by atoms with Gasteiger partial charge >= 0.3 is 5.97 Å². The molecule has 1 aromatic heterocycles. The third-order valence-corrected chi connectivity index (χ3v) is 13.1. The van der Waals surface area contributed by atoms with E-state index in [1.807, 2.05) is 110 Å². The van der Waals surface area contributed by atoms with Crippen molar-refractivity contribution in [3.63, 3.8) is 0 Å². The molecule has 254 valence electrons. The van der Waals surface area contributed by atoms with E-state index in [4.69, 9.17) is 13.6 Å². The van der Waals surface area contributed by atoms with Gasteiger partial charge < -0.3 is 23.4 Å². The molecule has 1 unspecified atom stereocenters. The zero-order valence-electron chi connectivity index (χ0n) is 29.7.